The molecule has 0 aromatic heterocycles. The van der Waals surface area contributed by atoms with Gasteiger partial charge in [-0.15, -0.1) is 0 Å². The molecule has 1 saturated heterocycles. The number of piperidine rings is 1. The molecule has 0 radical (unpaired) electrons. The minimum atomic E-state index is -1.41. The van der Waals surface area contributed by atoms with Gasteiger partial charge in [0.1, 0.15) is 0 Å². The number of carbonyl (C=O) groups is 1. The molecule has 1 aliphatic rings. The number of rotatable bonds is 4. The van der Waals surface area contributed by atoms with Gasteiger partial charge in [0.2, 0.25) is 5.79 Å². The van der Waals surface area contributed by atoms with Crippen molar-refractivity contribution in [3.8, 4) is 0 Å². The summed E-state index contributed by atoms with van der Waals surface area (Å²) in [5.41, 5.74) is 3.14. The van der Waals surface area contributed by atoms with Gasteiger partial charge >= 0.3 is 6.09 Å². The monoisotopic (exact) mass is 382 g/mol. The van der Waals surface area contributed by atoms with Crippen molar-refractivity contribution in [1.82, 2.24) is 4.90 Å². The molecule has 0 saturated carbocycles. The number of hydrogen-bond acceptors (Lipinski definition) is 4. The summed E-state index contributed by atoms with van der Waals surface area (Å²) in [6.07, 6.45) is 0.175. The Kier molecular flexibility index (Phi) is 6.06. The quantitative estimate of drug-likeness (QED) is 0.764. The van der Waals surface area contributed by atoms with Crippen LogP contribution in [0.2, 0.25) is 0 Å². The zero-order valence-corrected chi connectivity index (χ0v) is 16.9. The number of nitrogens with one attached hydrogen (secondary N) is 1. The molecule has 3 rings (SSSR count). The van der Waals surface area contributed by atoms with Crippen LogP contribution in [0.4, 0.5) is 10.5 Å². The minimum Gasteiger partial charge on any atom is -0.417 e. The molecule has 2 aromatic rings. The van der Waals surface area contributed by atoms with Crippen molar-refractivity contribution in [2.24, 2.45) is 0 Å². The zero-order valence-electron chi connectivity index (χ0n) is 16.9. The van der Waals surface area contributed by atoms with Crippen molar-refractivity contribution in [2.45, 2.75) is 51.4 Å². The molecule has 0 aliphatic carbocycles. The fourth-order valence-corrected chi connectivity index (χ4v) is 3.37. The van der Waals surface area contributed by atoms with Gasteiger partial charge < -0.3 is 9.84 Å². The average Bonchev–Trinajstić information content (AvgIpc) is 2.64. The van der Waals surface area contributed by atoms with E-state index in [1.54, 1.807) is 0 Å². The van der Waals surface area contributed by atoms with E-state index in [2.05, 4.69) is 43.1 Å². The molecular formula is C23H30N2O3. The molecular weight excluding hydrogens is 352 g/mol. The smallest absolute Gasteiger partial charge is 0.414 e. The summed E-state index contributed by atoms with van der Waals surface area (Å²) in [6.45, 7) is 8.62. The Hall–Kier alpha value is -2.37. The third kappa shape index (κ3) is 5.57. The molecule has 0 atom stereocenters. The molecule has 2 aromatic carbocycles. The molecule has 1 aliphatic heterocycles. The van der Waals surface area contributed by atoms with Crippen LogP contribution in [0.25, 0.3) is 0 Å². The van der Waals surface area contributed by atoms with E-state index in [9.17, 15) is 9.90 Å². The summed E-state index contributed by atoms with van der Waals surface area (Å²) in [5, 5.41) is 13.4. The lowest BCUT2D eigenvalue weighted by molar-refractivity contribution is -0.186. The number of carbonyl (C=O) groups excluding carboxylic acids is 1. The van der Waals surface area contributed by atoms with Gasteiger partial charge in [-0.25, -0.2) is 4.79 Å². The second-order valence-corrected chi connectivity index (χ2v) is 8.55. The van der Waals surface area contributed by atoms with Crippen LogP contribution in [0, 0.1) is 0 Å². The van der Waals surface area contributed by atoms with E-state index in [0.29, 0.717) is 31.6 Å². The normalized spacial score (nSPS) is 17.1. The average molecular weight is 383 g/mol. The fraction of sp³-hybridized carbons (Fsp3) is 0.435. The van der Waals surface area contributed by atoms with Crippen molar-refractivity contribution < 1.29 is 14.6 Å². The van der Waals surface area contributed by atoms with Crippen LogP contribution in [0.15, 0.2) is 54.6 Å². The van der Waals surface area contributed by atoms with Gasteiger partial charge in [-0.1, -0.05) is 63.2 Å². The molecule has 0 spiro atoms. The topological polar surface area (TPSA) is 61.8 Å². The van der Waals surface area contributed by atoms with Crippen molar-refractivity contribution in [1.29, 1.82) is 0 Å². The van der Waals surface area contributed by atoms with Crippen LogP contribution >= 0.6 is 0 Å². The van der Waals surface area contributed by atoms with Gasteiger partial charge in [-0.3, -0.25) is 10.2 Å². The number of amides is 1. The number of likely N-dealkylation sites (tertiary alicyclic amines) is 1. The molecule has 28 heavy (non-hydrogen) atoms. The Morgan fingerprint density at radius 1 is 1.07 bits per heavy atom. The minimum absolute atomic E-state index is 0.0575. The van der Waals surface area contributed by atoms with Crippen LogP contribution in [0.5, 0.6) is 0 Å². The Balaban J connectivity index is 1.49. The van der Waals surface area contributed by atoms with Gasteiger partial charge in [0.15, 0.2) is 0 Å². The summed E-state index contributed by atoms with van der Waals surface area (Å²) in [4.78, 5) is 14.5. The van der Waals surface area contributed by atoms with Gasteiger partial charge in [-0.2, -0.15) is 0 Å². The van der Waals surface area contributed by atoms with Crippen molar-refractivity contribution >= 4 is 11.8 Å². The van der Waals surface area contributed by atoms with Crippen molar-refractivity contribution in [3.05, 3.63) is 65.7 Å². The molecule has 1 amide bonds. The Morgan fingerprint density at radius 3 is 2.25 bits per heavy atom. The number of ether oxygens (including phenoxy) is 1. The molecule has 0 bridgehead atoms. The summed E-state index contributed by atoms with van der Waals surface area (Å²) in [5.74, 6) is -1.41. The van der Waals surface area contributed by atoms with Crippen molar-refractivity contribution in [3.63, 3.8) is 0 Å². The first-order valence-corrected chi connectivity index (χ1v) is 9.83. The molecule has 0 unspecified atom stereocenters. The maximum Gasteiger partial charge on any atom is 0.414 e. The van der Waals surface area contributed by atoms with E-state index >= 15 is 0 Å². The van der Waals surface area contributed by atoms with Crippen LogP contribution in [0.3, 0.4) is 0 Å². The van der Waals surface area contributed by atoms with E-state index in [1.807, 2.05) is 42.5 Å². The van der Waals surface area contributed by atoms with E-state index in [-0.39, 0.29) is 5.41 Å². The molecule has 5 nitrogen and oxygen atoms in total. The third-order valence-electron chi connectivity index (χ3n) is 5.17. The predicted octanol–water partition coefficient (Wildman–Crippen LogP) is 4.52. The van der Waals surface area contributed by atoms with E-state index in [1.165, 1.54) is 11.1 Å². The van der Waals surface area contributed by atoms with Crippen LogP contribution in [0.1, 0.15) is 44.7 Å². The lowest BCUT2D eigenvalue weighted by Crippen LogP contribution is -2.47. The Morgan fingerprint density at radius 2 is 1.68 bits per heavy atom. The predicted molar refractivity (Wildman–Crippen MR) is 111 cm³/mol. The first-order valence-electron chi connectivity index (χ1n) is 9.83. The van der Waals surface area contributed by atoms with Crippen LogP contribution < -0.4 is 5.32 Å². The van der Waals surface area contributed by atoms with Gasteiger partial charge in [0.25, 0.3) is 0 Å². The van der Waals surface area contributed by atoms with E-state index < -0.39 is 11.9 Å². The zero-order chi connectivity index (χ0) is 20.2. The lowest BCUT2D eigenvalue weighted by atomic mass is 9.87. The molecule has 1 heterocycles. The van der Waals surface area contributed by atoms with Gasteiger partial charge in [-0.05, 0) is 28.7 Å². The first-order chi connectivity index (χ1) is 13.2. The fourth-order valence-electron chi connectivity index (χ4n) is 3.37. The molecule has 2 N–H and O–H groups in total. The number of nitrogens with zero attached hydrogens (tertiary/aromatic N) is 1. The highest BCUT2D eigenvalue weighted by molar-refractivity contribution is 5.84. The van der Waals surface area contributed by atoms with Gasteiger partial charge in [0, 0.05) is 38.2 Å². The maximum absolute atomic E-state index is 12.2. The number of benzene rings is 2. The number of hydrogen-bond donors (Lipinski definition) is 2. The largest absolute Gasteiger partial charge is 0.417 e. The highest BCUT2D eigenvalue weighted by Gasteiger charge is 2.36. The summed E-state index contributed by atoms with van der Waals surface area (Å²) < 4.78 is 5.36. The summed E-state index contributed by atoms with van der Waals surface area (Å²) in [7, 11) is 0. The third-order valence-corrected chi connectivity index (χ3v) is 5.17. The second kappa shape index (κ2) is 8.33. The standard InChI is InChI=1S/C23H30N2O3/c1-22(2,3)19-9-11-20(12-10-19)24-21(26)28-23(27)13-15-25(16-14-23)17-18-7-5-4-6-8-18/h4-12,27H,13-17H2,1-3H3,(H,24,26). The SMILES string of the molecule is CC(C)(C)c1ccc(NC(=O)OC2(O)CCN(Cc3ccccc3)CC2)cc1. The summed E-state index contributed by atoms with van der Waals surface area (Å²) in [6, 6.07) is 17.9. The highest BCUT2D eigenvalue weighted by atomic mass is 16.7. The number of anilines is 1. The second-order valence-electron chi connectivity index (χ2n) is 8.55. The maximum atomic E-state index is 12.2. The van der Waals surface area contributed by atoms with Gasteiger partial charge in [0.05, 0.1) is 0 Å². The van der Waals surface area contributed by atoms with E-state index in [0.717, 1.165) is 6.54 Å². The lowest BCUT2D eigenvalue weighted by Gasteiger charge is -2.37. The van der Waals surface area contributed by atoms with Crippen molar-refractivity contribution in [2.75, 3.05) is 18.4 Å². The van der Waals surface area contributed by atoms with Crippen LogP contribution in [-0.4, -0.2) is 35.0 Å². The number of aliphatic hydroxyl groups is 1. The Bertz CT molecular complexity index is 774. The molecule has 1 fully saturated rings. The van der Waals surface area contributed by atoms with Crippen LogP contribution in [-0.2, 0) is 16.7 Å². The Labute approximate surface area is 167 Å². The first kappa shape index (κ1) is 20.4. The van der Waals surface area contributed by atoms with E-state index in [4.69, 9.17) is 4.74 Å². The highest BCUT2D eigenvalue weighted by Crippen LogP contribution is 2.26. The molecule has 150 valence electrons. The molecule has 5 heteroatoms. The summed E-state index contributed by atoms with van der Waals surface area (Å²) >= 11 is 0.